The fourth-order valence-electron chi connectivity index (χ4n) is 19.2. The molecule has 6 saturated carbocycles. The van der Waals surface area contributed by atoms with Crippen molar-refractivity contribution in [2.45, 2.75) is 199 Å². The van der Waals surface area contributed by atoms with Crippen LogP contribution >= 0.6 is 0 Å². The predicted molar refractivity (Wildman–Crippen MR) is 288 cm³/mol. The Balaban J connectivity index is 0.000000171. The molecule has 11 rings (SSSR count). The van der Waals surface area contributed by atoms with Crippen LogP contribution in [0.25, 0.3) is 0 Å². The molecule has 9 heteroatoms. The molecule has 0 spiro atoms. The molecule has 11 aliphatic rings. The molecule has 1 amide bonds. The lowest BCUT2D eigenvalue weighted by molar-refractivity contribution is -0.178. The highest BCUT2D eigenvalue weighted by atomic mass is 16.4. The number of fused-ring (bicyclic) bond motifs is 14. The zero-order chi connectivity index (χ0) is 53.2. The first-order valence-corrected chi connectivity index (χ1v) is 28.3. The van der Waals surface area contributed by atoms with Crippen molar-refractivity contribution < 1.29 is 34.5 Å². The zero-order valence-corrected chi connectivity index (χ0v) is 47.0. The Bertz CT molecular complexity index is 2770. The molecule has 2 unspecified atom stereocenters. The molecular formula is C64H88N2O7. The molecule has 396 valence electrons. The quantitative estimate of drug-likeness (QED) is 0.214. The molecule has 7 fully saturated rings. The number of nitrogens with zero attached hydrogens (tertiary/aromatic N) is 1. The van der Waals surface area contributed by atoms with Gasteiger partial charge in [0.05, 0.1) is 5.41 Å². The van der Waals surface area contributed by atoms with E-state index in [-0.39, 0.29) is 71.8 Å². The van der Waals surface area contributed by atoms with E-state index in [2.05, 4.69) is 111 Å². The van der Waals surface area contributed by atoms with Gasteiger partial charge in [-0.25, -0.2) is 0 Å². The normalized spacial score (nSPS) is 46.8. The van der Waals surface area contributed by atoms with Crippen LogP contribution in [0.15, 0.2) is 92.6 Å². The van der Waals surface area contributed by atoms with Crippen molar-refractivity contribution in [3.63, 3.8) is 0 Å². The largest absolute Gasteiger partial charge is 0.504 e. The number of aliphatic hydroxyl groups excluding tert-OH is 2. The van der Waals surface area contributed by atoms with Gasteiger partial charge in [-0.3, -0.25) is 19.2 Å². The van der Waals surface area contributed by atoms with E-state index >= 15 is 0 Å². The van der Waals surface area contributed by atoms with E-state index in [1.54, 1.807) is 12.2 Å². The van der Waals surface area contributed by atoms with Crippen LogP contribution in [0.1, 0.15) is 187 Å². The maximum absolute atomic E-state index is 14.2. The molecule has 10 aliphatic carbocycles. The fourth-order valence-corrected chi connectivity index (χ4v) is 19.2. The molecular weight excluding hydrogens is 909 g/mol. The second kappa shape index (κ2) is 16.4. The maximum Gasteiger partial charge on any atom is 0.309 e. The topological polar surface area (TPSA) is 144 Å². The second-order valence-electron chi connectivity index (χ2n) is 28.7. The van der Waals surface area contributed by atoms with Crippen LogP contribution in [-0.4, -0.2) is 68.8 Å². The van der Waals surface area contributed by atoms with Gasteiger partial charge in [0.15, 0.2) is 11.5 Å². The number of ketones is 2. The SMILES string of the molecule is CC1=C(O)C(=O)C=C2C1=CC=C1[C@@]2(C)CC[C@@]2(C)[C@@H]3C[C@](C)(C(=O)N4CC(C)NC(C)C4)CC[C@]3(C)CC[C@]12C.CC1=C(O)C(=O)C=C2C1=CC=C1[C@@]2(C)CC[C@@]2(C)[C@@H]3C[C@](C)(C(=O)O)CC[C@]3(C)CC[C@]12C. The molecule has 14 atom stereocenters. The van der Waals surface area contributed by atoms with Gasteiger partial charge >= 0.3 is 5.97 Å². The number of hydrogen-bond acceptors (Lipinski definition) is 7. The minimum Gasteiger partial charge on any atom is -0.504 e. The van der Waals surface area contributed by atoms with Crippen molar-refractivity contribution >= 4 is 23.4 Å². The van der Waals surface area contributed by atoms with Crippen LogP contribution in [-0.2, 0) is 19.2 Å². The summed E-state index contributed by atoms with van der Waals surface area (Å²) in [5, 5.41) is 34.3. The maximum atomic E-state index is 14.2. The van der Waals surface area contributed by atoms with Gasteiger partial charge in [0.2, 0.25) is 17.5 Å². The van der Waals surface area contributed by atoms with Crippen molar-refractivity contribution in [1.82, 2.24) is 10.2 Å². The number of allylic oxidation sites excluding steroid dienone is 14. The minimum atomic E-state index is -0.655. The molecule has 1 saturated heterocycles. The number of hydrogen-bond donors (Lipinski definition) is 4. The number of carbonyl (C=O) groups is 4. The van der Waals surface area contributed by atoms with E-state index in [9.17, 15) is 34.5 Å². The molecule has 73 heavy (non-hydrogen) atoms. The zero-order valence-electron chi connectivity index (χ0n) is 47.0. The van der Waals surface area contributed by atoms with Crippen molar-refractivity contribution in [3.8, 4) is 0 Å². The van der Waals surface area contributed by atoms with Gasteiger partial charge in [-0.05, 0) is 203 Å². The fraction of sp³-hybridized carbons (Fsp3) is 0.688. The van der Waals surface area contributed by atoms with Crippen molar-refractivity contribution in [2.75, 3.05) is 13.1 Å². The second-order valence-corrected chi connectivity index (χ2v) is 28.7. The van der Waals surface area contributed by atoms with Gasteiger partial charge in [0, 0.05) is 52.6 Å². The first kappa shape index (κ1) is 52.2. The van der Waals surface area contributed by atoms with Crippen LogP contribution in [0.5, 0.6) is 0 Å². The molecule has 0 aromatic carbocycles. The van der Waals surface area contributed by atoms with Gasteiger partial charge in [0.1, 0.15) is 0 Å². The number of amides is 1. The third-order valence-corrected chi connectivity index (χ3v) is 24.6. The van der Waals surface area contributed by atoms with Crippen LogP contribution in [0.3, 0.4) is 0 Å². The third kappa shape index (κ3) is 7.06. The predicted octanol–water partition coefficient (Wildman–Crippen LogP) is 13.5. The summed E-state index contributed by atoms with van der Waals surface area (Å²) in [5.41, 5.74) is 7.34. The van der Waals surface area contributed by atoms with Gasteiger partial charge in [-0.15, -0.1) is 0 Å². The molecule has 0 aromatic rings. The Morgan fingerprint density at radius 3 is 1.34 bits per heavy atom. The molecule has 0 radical (unpaired) electrons. The Labute approximate surface area is 436 Å². The Morgan fingerprint density at radius 1 is 0.548 bits per heavy atom. The van der Waals surface area contributed by atoms with E-state index < -0.39 is 11.4 Å². The number of piperazine rings is 1. The van der Waals surface area contributed by atoms with Crippen LogP contribution in [0.4, 0.5) is 0 Å². The Kier molecular flexibility index (Phi) is 11.7. The van der Waals surface area contributed by atoms with Crippen LogP contribution in [0.2, 0.25) is 0 Å². The van der Waals surface area contributed by atoms with Crippen molar-refractivity contribution in [2.24, 2.45) is 66.0 Å². The van der Waals surface area contributed by atoms with Crippen molar-refractivity contribution in [3.05, 3.63) is 92.6 Å². The highest BCUT2D eigenvalue weighted by Gasteiger charge is 2.69. The van der Waals surface area contributed by atoms with Crippen LogP contribution in [0, 0.1) is 66.0 Å². The number of carbonyl (C=O) groups excluding carboxylic acids is 3. The average molecular weight is 997 g/mol. The summed E-state index contributed by atoms with van der Waals surface area (Å²) in [6.07, 6.45) is 26.3. The van der Waals surface area contributed by atoms with E-state index in [0.29, 0.717) is 41.0 Å². The third-order valence-electron chi connectivity index (χ3n) is 24.6. The first-order valence-electron chi connectivity index (χ1n) is 28.3. The lowest BCUT2D eigenvalue weighted by Gasteiger charge is -2.70. The minimum absolute atomic E-state index is 0.0000746. The number of aliphatic hydroxyl groups is 2. The monoisotopic (exact) mass is 997 g/mol. The molecule has 4 N–H and O–H groups in total. The number of nitrogens with one attached hydrogen (secondary N) is 1. The molecule has 0 bridgehead atoms. The summed E-state index contributed by atoms with van der Waals surface area (Å²) >= 11 is 0. The number of carboxylic acids is 1. The van der Waals surface area contributed by atoms with E-state index in [0.717, 1.165) is 119 Å². The number of rotatable bonds is 2. The van der Waals surface area contributed by atoms with E-state index in [4.69, 9.17) is 0 Å². The van der Waals surface area contributed by atoms with Crippen molar-refractivity contribution in [1.29, 1.82) is 0 Å². The molecule has 1 aliphatic heterocycles. The number of carboxylic acid groups (broad SMARTS) is 1. The summed E-state index contributed by atoms with van der Waals surface area (Å²) < 4.78 is 0. The summed E-state index contributed by atoms with van der Waals surface area (Å²) in [4.78, 5) is 54.0. The average Bonchev–Trinajstić information content (AvgIpc) is 3.33. The standard InChI is InChI=1S/C35H50N2O3.C29H38O4/c1-21-19-37(20-22(2)36-21)30(40)32(5)12-11-31(4)13-15-34(7)27-10-9-24-23(3)29(39)26(38)17-25(24)33(27,6)14-16-35(34,8)28(31)18-32;1-17-18-7-8-21-27(4,19(18)15-20(30)23(17)31)12-14-29(6)22-16-26(3,24(32)33)10-9-25(22,2)11-13-28(21,29)5/h9-10,17,21-22,28,36,39H,11-16,18-20H2,1-8H3;7-8,15,22,31H,9-14,16H2,1-6H3,(H,32,33)/t21?,22?,28-,31-,32-,33+,34-,35+;22-,25-,26-,27+,28-,29+/m11/s1. The van der Waals surface area contributed by atoms with E-state index in [1.165, 1.54) is 17.6 Å². The molecule has 9 nitrogen and oxygen atoms in total. The lowest BCUT2D eigenvalue weighted by Crippen LogP contribution is -2.64. The first-order chi connectivity index (χ1) is 33.8. The van der Waals surface area contributed by atoms with Gasteiger partial charge in [0.25, 0.3) is 0 Å². The summed E-state index contributed by atoms with van der Waals surface area (Å²) in [6, 6.07) is 0.656. The smallest absolute Gasteiger partial charge is 0.309 e. The lowest BCUT2D eigenvalue weighted by atomic mass is 9.34. The van der Waals surface area contributed by atoms with Gasteiger partial charge in [-0.2, -0.15) is 0 Å². The highest BCUT2D eigenvalue weighted by Crippen LogP contribution is 2.77. The summed E-state index contributed by atoms with van der Waals surface area (Å²) in [5.74, 6) is -0.288. The summed E-state index contributed by atoms with van der Waals surface area (Å²) in [7, 11) is 0. The molecule has 0 aromatic heterocycles. The number of aliphatic carboxylic acids is 1. The van der Waals surface area contributed by atoms with Gasteiger partial charge in [-0.1, -0.05) is 97.8 Å². The van der Waals surface area contributed by atoms with E-state index in [1.807, 2.05) is 20.8 Å². The Morgan fingerprint density at radius 2 is 0.932 bits per heavy atom. The van der Waals surface area contributed by atoms with Crippen LogP contribution < -0.4 is 5.32 Å². The summed E-state index contributed by atoms with van der Waals surface area (Å²) in [6.45, 7) is 33.3. The molecule has 1 heterocycles. The van der Waals surface area contributed by atoms with Gasteiger partial charge < -0.3 is 25.5 Å². The highest BCUT2D eigenvalue weighted by molar-refractivity contribution is 6.07. The Hall–Kier alpha value is -4.24.